The third-order valence-electron chi connectivity index (χ3n) is 6.65. The summed E-state index contributed by atoms with van der Waals surface area (Å²) in [6.07, 6.45) is 0.768. The van der Waals surface area contributed by atoms with Gasteiger partial charge in [-0.15, -0.1) is 0 Å². The summed E-state index contributed by atoms with van der Waals surface area (Å²) in [6, 6.07) is 4.97. The predicted octanol–water partition coefficient (Wildman–Crippen LogP) is 4.72. The second kappa shape index (κ2) is 8.61. The Labute approximate surface area is 182 Å². The van der Waals surface area contributed by atoms with E-state index in [9.17, 15) is 10.1 Å². The highest BCUT2D eigenvalue weighted by atomic mass is 28.4. The van der Waals surface area contributed by atoms with E-state index < -0.39 is 26.6 Å². The molecule has 9 heteroatoms. The molecule has 0 atom stereocenters. The van der Waals surface area contributed by atoms with Crippen LogP contribution in [-0.2, 0) is 13.7 Å². The lowest BCUT2D eigenvalue weighted by Crippen LogP contribution is -2.41. The van der Waals surface area contributed by atoms with Crippen LogP contribution in [0.25, 0.3) is 0 Å². The third kappa shape index (κ3) is 5.43. The topological polar surface area (TPSA) is 82.9 Å². The van der Waals surface area contributed by atoms with E-state index >= 15 is 0 Å². The van der Waals surface area contributed by atoms with Gasteiger partial charge in [-0.3, -0.25) is 10.1 Å². The van der Waals surface area contributed by atoms with Crippen LogP contribution in [-0.4, -0.2) is 44.7 Å². The first kappa shape index (κ1) is 24.8. The van der Waals surface area contributed by atoms with Crippen LogP contribution in [0.15, 0.2) is 18.2 Å². The van der Waals surface area contributed by atoms with Gasteiger partial charge in [-0.25, -0.2) is 0 Å². The first-order chi connectivity index (χ1) is 13.6. The molecular weight excluding hydrogens is 399 g/mol. The maximum atomic E-state index is 11.5. The Morgan fingerprint density at radius 1 is 1.17 bits per heavy atom. The van der Waals surface area contributed by atoms with E-state index in [2.05, 4.69) is 39.2 Å². The zero-order chi connectivity index (χ0) is 23.0. The molecule has 7 nitrogen and oxygen atoms in total. The van der Waals surface area contributed by atoms with Crippen molar-refractivity contribution >= 4 is 32.3 Å². The van der Waals surface area contributed by atoms with Crippen molar-refractivity contribution in [3.63, 3.8) is 0 Å². The molecule has 0 bridgehead atoms. The van der Waals surface area contributed by atoms with Crippen LogP contribution >= 0.6 is 0 Å². The average Bonchev–Trinajstić information content (AvgIpc) is 2.81. The Morgan fingerprint density at radius 3 is 2.23 bits per heavy atom. The minimum Gasteiger partial charge on any atom is -0.417 e. The number of anilines is 1. The Kier molecular flexibility index (Phi) is 7.13. The molecule has 0 spiro atoms. The highest BCUT2D eigenvalue weighted by Gasteiger charge is 2.51. The van der Waals surface area contributed by atoms with Gasteiger partial charge in [0, 0.05) is 19.2 Å². The largest absolute Gasteiger partial charge is 0.494 e. The number of nitro groups is 1. The maximum Gasteiger partial charge on any atom is 0.494 e. The average molecular weight is 436 g/mol. The number of hydrogen-bond acceptors (Lipinski definition) is 6. The fourth-order valence-electron chi connectivity index (χ4n) is 2.82. The zero-order valence-electron chi connectivity index (χ0n) is 19.9. The Morgan fingerprint density at radius 2 is 1.73 bits per heavy atom. The fourth-order valence-corrected chi connectivity index (χ4v) is 3.91. The number of nitrogens with one attached hydrogen (secondary N) is 1. The molecule has 1 saturated heterocycles. The lowest BCUT2D eigenvalue weighted by molar-refractivity contribution is -0.383. The lowest BCUT2D eigenvalue weighted by Gasteiger charge is -2.36. The molecule has 0 radical (unpaired) electrons. The first-order valence-electron chi connectivity index (χ1n) is 10.6. The molecule has 1 aromatic carbocycles. The summed E-state index contributed by atoms with van der Waals surface area (Å²) < 4.78 is 18.4. The minimum absolute atomic E-state index is 0.0422. The molecule has 0 unspecified atom stereocenters. The van der Waals surface area contributed by atoms with Crippen molar-refractivity contribution in [2.24, 2.45) is 0 Å². The summed E-state index contributed by atoms with van der Waals surface area (Å²) in [6.45, 7) is 20.2. The number of nitro benzene ring substituents is 1. The molecule has 1 aliphatic heterocycles. The smallest absolute Gasteiger partial charge is 0.417 e. The Bertz CT molecular complexity index is 761. The highest BCUT2D eigenvalue weighted by Crippen LogP contribution is 2.37. The molecule has 168 valence electrons. The quantitative estimate of drug-likeness (QED) is 0.275. The van der Waals surface area contributed by atoms with Crippen molar-refractivity contribution in [3.8, 4) is 0 Å². The molecule has 2 rings (SSSR count). The van der Waals surface area contributed by atoms with E-state index in [1.54, 1.807) is 12.1 Å². The van der Waals surface area contributed by atoms with Gasteiger partial charge in [0.2, 0.25) is 0 Å². The molecule has 1 heterocycles. The van der Waals surface area contributed by atoms with Crippen molar-refractivity contribution in [2.75, 3.05) is 18.5 Å². The maximum absolute atomic E-state index is 11.5. The number of benzene rings is 1. The zero-order valence-corrected chi connectivity index (χ0v) is 20.9. The van der Waals surface area contributed by atoms with Gasteiger partial charge in [0.05, 0.1) is 16.1 Å². The monoisotopic (exact) mass is 436 g/mol. The van der Waals surface area contributed by atoms with E-state index in [1.165, 1.54) is 6.07 Å². The van der Waals surface area contributed by atoms with Crippen molar-refractivity contribution < 1.29 is 18.7 Å². The number of nitrogens with zero attached hydrogens (tertiary/aromatic N) is 1. The second-order valence-electron chi connectivity index (χ2n) is 10.5. The van der Waals surface area contributed by atoms with Gasteiger partial charge in [-0.1, -0.05) is 26.8 Å². The normalized spacial score (nSPS) is 18.5. The molecule has 1 N–H and O–H groups in total. The van der Waals surface area contributed by atoms with Gasteiger partial charge in [0.25, 0.3) is 5.69 Å². The van der Waals surface area contributed by atoms with Gasteiger partial charge >= 0.3 is 7.12 Å². The SMILES string of the molecule is CC1(C)OB(c2ccc([N+](=O)[O-])c(NCCCO[Si](C)(C)C(C)(C)C)c2)OC1(C)C. The summed E-state index contributed by atoms with van der Waals surface area (Å²) in [5.41, 5.74) is 0.349. The fraction of sp³-hybridized carbons (Fsp3) is 0.714. The van der Waals surface area contributed by atoms with Crippen LogP contribution in [0, 0.1) is 10.1 Å². The van der Waals surface area contributed by atoms with E-state index in [-0.39, 0.29) is 15.6 Å². The van der Waals surface area contributed by atoms with Crippen LogP contribution in [0.2, 0.25) is 18.1 Å². The van der Waals surface area contributed by atoms with Gasteiger partial charge in [0.1, 0.15) is 5.69 Å². The lowest BCUT2D eigenvalue weighted by atomic mass is 9.79. The van der Waals surface area contributed by atoms with E-state index in [0.717, 1.165) is 11.9 Å². The van der Waals surface area contributed by atoms with Gasteiger partial charge in [-0.2, -0.15) is 0 Å². The van der Waals surface area contributed by atoms with Crippen LogP contribution in [0.5, 0.6) is 0 Å². The predicted molar refractivity (Wildman–Crippen MR) is 125 cm³/mol. The summed E-state index contributed by atoms with van der Waals surface area (Å²) in [7, 11) is -2.34. The summed E-state index contributed by atoms with van der Waals surface area (Å²) in [5.74, 6) is 0. The van der Waals surface area contributed by atoms with Gasteiger partial charge in [0.15, 0.2) is 8.32 Å². The van der Waals surface area contributed by atoms with Crippen LogP contribution < -0.4 is 10.8 Å². The Balaban J connectivity index is 2.05. The second-order valence-corrected chi connectivity index (χ2v) is 15.3. The van der Waals surface area contributed by atoms with Crippen molar-refractivity contribution in [1.29, 1.82) is 0 Å². The standard InChI is InChI=1S/C21H37BN2O5Si/c1-19(2,3)30(8,9)27-14-10-13-23-17-15-16(11-12-18(17)24(25)26)22-28-20(4,5)21(6,7)29-22/h11-12,15,23H,10,13-14H2,1-9H3. The summed E-state index contributed by atoms with van der Waals surface area (Å²) >= 11 is 0. The van der Waals surface area contributed by atoms with Crippen molar-refractivity contribution in [2.45, 2.75) is 84.2 Å². The first-order valence-corrected chi connectivity index (χ1v) is 13.5. The molecule has 0 amide bonds. The number of rotatable bonds is 8. The minimum atomic E-state index is -1.79. The van der Waals surface area contributed by atoms with E-state index in [0.29, 0.717) is 18.8 Å². The van der Waals surface area contributed by atoms with Crippen LogP contribution in [0.3, 0.4) is 0 Å². The number of hydrogen-bond donors (Lipinski definition) is 1. The molecule has 30 heavy (non-hydrogen) atoms. The molecule has 0 aromatic heterocycles. The van der Waals surface area contributed by atoms with E-state index in [4.69, 9.17) is 13.7 Å². The van der Waals surface area contributed by atoms with Crippen LogP contribution in [0.4, 0.5) is 11.4 Å². The molecule has 1 aromatic rings. The summed E-state index contributed by atoms with van der Waals surface area (Å²) in [4.78, 5) is 11.1. The van der Waals surface area contributed by atoms with Crippen LogP contribution in [0.1, 0.15) is 54.9 Å². The molecule has 1 fully saturated rings. The van der Waals surface area contributed by atoms with E-state index in [1.807, 2.05) is 27.7 Å². The molecule has 0 saturated carbocycles. The van der Waals surface area contributed by atoms with Crippen molar-refractivity contribution in [1.82, 2.24) is 0 Å². The molecular formula is C21H37BN2O5Si. The summed E-state index contributed by atoms with van der Waals surface area (Å²) in [5, 5.41) is 14.8. The Hall–Kier alpha value is -1.42. The molecule has 1 aliphatic rings. The highest BCUT2D eigenvalue weighted by molar-refractivity contribution is 6.74. The molecule has 0 aliphatic carbocycles. The van der Waals surface area contributed by atoms with Gasteiger partial charge < -0.3 is 19.1 Å². The van der Waals surface area contributed by atoms with Gasteiger partial charge in [-0.05, 0) is 63.8 Å². The third-order valence-corrected chi connectivity index (χ3v) is 11.2. The van der Waals surface area contributed by atoms with Crippen molar-refractivity contribution in [3.05, 3.63) is 28.3 Å².